The minimum atomic E-state index is 0.0885. The summed E-state index contributed by atoms with van der Waals surface area (Å²) in [6, 6.07) is 6.28. The van der Waals surface area contributed by atoms with E-state index >= 15 is 0 Å². The van der Waals surface area contributed by atoms with Crippen LogP contribution in [-0.4, -0.2) is 20.6 Å². The molecule has 0 saturated heterocycles. The van der Waals surface area contributed by atoms with Crippen LogP contribution in [0.25, 0.3) is 5.69 Å². The average Bonchev–Trinajstić information content (AvgIpc) is 2.85. The summed E-state index contributed by atoms with van der Waals surface area (Å²) in [5, 5.41) is 1.25. The van der Waals surface area contributed by atoms with Gasteiger partial charge in [0.05, 0.1) is 16.3 Å². The quantitative estimate of drug-likeness (QED) is 0.588. The van der Waals surface area contributed by atoms with Gasteiger partial charge in [0.1, 0.15) is 0 Å². The molecule has 1 aliphatic rings. The van der Waals surface area contributed by atoms with E-state index in [0.717, 1.165) is 33.6 Å². The van der Waals surface area contributed by atoms with Crippen LogP contribution >= 0.6 is 23.5 Å². The third-order valence-corrected chi connectivity index (χ3v) is 6.47. The molecular weight excluding hydrogens is 336 g/mol. The zero-order valence-corrected chi connectivity index (χ0v) is 16.6. The molecule has 0 spiro atoms. The lowest BCUT2D eigenvalue weighted by molar-refractivity contribution is 0.716. The second kappa shape index (κ2) is 6.96. The Morgan fingerprint density at radius 2 is 1.96 bits per heavy atom. The van der Waals surface area contributed by atoms with Crippen LogP contribution in [0.2, 0.25) is 0 Å². The number of hydrogen-bond donors (Lipinski definition) is 0. The Morgan fingerprint density at radius 1 is 1.29 bits per heavy atom. The lowest BCUT2D eigenvalue weighted by Gasteiger charge is -2.15. The highest BCUT2D eigenvalue weighted by atomic mass is 32.2. The number of benzene rings is 1. The van der Waals surface area contributed by atoms with E-state index in [2.05, 4.69) is 52.8 Å². The molecule has 1 aliphatic heterocycles. The first-order valence-corrected chi connectivity index (χ1v) is 10.3. The smallest absolute Gasteiger partial charge is 0.268 e. The first-order chi connectivity index (χ1) is 11.3. The van der Waals surface area contributed by atoms with Gasteiger partial charge in [-0.3, -0.25) is 9.36 Å². The maximum atomic E-state index is 13.2. The number of aryl methyl sites for hydroxylation is 2. The lowest BCUT2D eigenvalue weighted by Crippen LogP contribution is -2.24. The lowest BCUT2D eigenvalue weighted by atomic mass is 10.1. The van der Waals surface area contributed by atoms with E-state index in [4.69, 9.17) is 4.98 Å². The second-order valence-electron chi connectivity index (χ2n) is 6.99. The molecule has 0 saturated carbocycles. The summed E-state index contributed by atoms with van der Waals surface area (Å²) >= 11 is 3.35. The summed E-state index contributed by atoms with van der Waals surface area (Å²) in [6.45, 7) is 10.7. The van der Waals surface area contributed by atoms with Crippen LogP contribution in [0.15, 0.2) is 33.0 Å². The van der Waals surface area contributed by atoms with Gasteiger partial charge in [0.2, 0.25) is 0 Å². The number of thioether (sulfide) groups is 2. The highest BCUT2D eigenvalue weighted by molar-refractivity contribution is 8.00. The van der Waals surface area contributed by atoms with Crippen LogP contribution in [0.5, 0.6) is 0 Å². The first kappa shape index (κ1) is 17.6. The van der Waals surface area contributed by atoms with Crippen molar-refractivity contribution in [2.45, 2.75) is 56.3 Å². The van der Waals surface area contributed by atoms with E-state index in [1.807, 2.05) is 4.57 Å². The molecule has 3 rings (SSSR count). The maximum absolute atomic E-state index is 13.2. The molecule has 3 nitrogen and oxygen atoms in total. The van der Waals surface area contributed by atoms with Crippen molar-refractivity contribution >= 4 is 23.5 Å². The zero-order valence-electron chi connectivity index (χ0n) is 14.9. The molecule has 0 N–H and O–H groups in total. The predicted molar refractivity (Wildman–Crippen MR) is 104 cm³/mol. The molecule has 5 heteroatoms. The van der Waals surface area contributed by atoms with Crippen molar-refractivity contribution in [1.29, 1.82) is 0 Å². The Labute approximate surface area is 152 Å². The molecule has 2 heterocycles. The van der Waals surface area contributed by atoms with E-state index in [9.17, 15) is 4.79 Å². The van der Waals surface area contributed by atoms with Crippen LogP contribution in [0.3, 0.4) is 0 Å². The molecule has 128 valence electrons. The number of hydrogen-bond acceptors (Lipinski definition) is 4. The van der Waals surface area contributed by atoms with Gasteiger partial charge in [-0.2, -0.15) is 0 Å². The van der Waals surface area contributed by atoms with Gasteiger partial charge in [-0.1, -0.05) is 38.6 Å². The molecule has 0 aliphatic carbocycles. The summed E-state index contributed by atoms with van der Waals surface area (Å²) in [5.74, 6) is 1.51. The first-order valence-electron chi connectivity index (χ1n) is 8.39. The van der Waals surface area contributed by atoms with Gasteiger partial charge in [0, 0.05) is 17.4 Å². The summed E-state index contributed by atoms with van der Waals surface area (Å²) in [7, 11) is 0. The normalized spacial score (nSPS) is 16.7. The third kappa shape index (κ3) is 3.57. The predicted octanol–water partition coefficient (Wildman–Crippen LogP) is 4.63. The van der Waals surface area contributed by atoms with E-state index < -0.39 is 0 Å². The molecule has 0 fully saturated rings. The van der Waals surface area contributed by atoms with Crippen molar-refractivity contribution in [2.75, 3.05) is 5.75 Å². The Bertz CT molecular complexity index is 807. The molecule has 1 aromatic carbocycles. The summed E-state index contributed by atoms with van der Waals surface area (Å²) < 4.78 is 1.82. The standard InChI is InChI=1S/C19H24N2OS2/c1-11(2)10-23-19-20-16-9-14(5)24-17(16)18(22)21(19)15-7-12(3)6-13(4)8-15/h6-8,11,14H,9-10H2,1-5H3/t14-/m1/s1. The topological polar surface area (TPSA) is 34.9 Å². The molecule has 2 aromatic rings. The Kier molecular flexibility index (Phi) is 5.11. The van der Waals surface area contributed by atoms with Crippen LogP contribution in [0.1, 0.15) is 37.6 Å². The average molecular weight is 361 g/mol. The molecule has 0 bridgehead atoms. The van der Waals surface area contributed by atoms with Gasteiger partial charge < -0.3 is 0 Å². The molecular formula is C19H24N2OS2. The van der Waals surface area contributed by atoms with Crippen molar-refractivity contribution in [3.8, 4) is 5.69 Å². The van der Waals surface area contributed by atoms with E-state index in [1.54, 1.807) is 23.5 Å². The minimum Gasteiger partial charge on any atom is -0.268 e. The monoisotopic (exact) mass is 360 g/mol. The molecule has 0 amide bonds. The van der Waals surface area contributed by atoms with Crippen molar-refractivity contribution in [1.82, 2.24) is 9.55 Å². The van der Waals surface area contributed by atoms with Crippen molar-refractivity contribution in [3.63, 3.8) is 0 Å². The Balaban J connectivity index is 2.18. The fourth-order valence-electron chi connectivity index (χ4n) is 2.95. The summed E-state index contributed by atoms with van der Waals surface area (Å²) in [6.07, 6.45) is 0.887. The third-order valence-electron chi connectivity index (χ3n) is 3.89. The van der Waals surface area contributed by atoms with E-state index in [0.29, 0.717) is 11.2 Å². The van der Waals surface area contributed by atoms with Crippen LogP contribution < -0.4 is 5.56 Å². The fourth-order valence-corrected chi connectivity index (χ4v) is 5.02. The zero-order chi connectivity index (χ0) is 17.4. The van der Waals surface area contributed by atoms with Crippen LogP contribution in [0.4, 0.5) is 0 Å². The maximum Gasteiger partial charge on any atom is 0.272 e. The molecule has 1 aromatic heterocycles. The van der Waals surface area contributed by atoms with Crippen molar-refractivity contribution < 1.29 is 0 Å². The SMILES string of the molecule is Cc1cc(C)cc(-n2c(SCC(C)C)nc3c(c2=O)S[C@H](C)C3)c1. The van der Waals surface area contributed by atoms with Crippen molar-refractivity contribution in [2.24, 2.45) is 5.92 Å². The van der Waals surface area contributed by atoms with Gasteiger partial charge in [-0.05, 0) is 43.0 Å². The van der Waals surface area contributed by atoms with E-state index in [1.165, 1.54) is 11.1 Å². The minimum absolute atomic E-state index is 0.0885. The molecule has 0 radical (unpaired) electrons. The summed E-state index contributed by atoms with van der Waals surface area (Å²) in [5.41, 5.74) is 4.32. The Morgan fingerprint density at radius 3 is 2.58 bits per heavy atom. The summed E-state index contributed by atoms with van der Waals surface area (Å²) in [4.78, 5) is 18.9. The molecule has 0 unspecified atom stereocenters. The van der Waals surface area contributed by atoms with Gasteiger partial charge in [-0.25, -0.2) is 4.98 Å². The fraction of sp³-hybridized carbons (Fsp3) is 0.474. The number of fused-ring (bicyclic) bond motifs is 1. The largest absolute Gasteiger partial charge is 0.272 e. The van der Waals surface area contributed by atoms with Gasteiger partial charge >= 0.3 is 0 Å². The number of aromatic nitrogens is 2. The highest BCUT2D eigenvalue weighted by Gasteiger charge is 2.27. The number of nitrogens with zero attached hydrogens (tertiary/aromatic N) is 2. The van der Waals surface area contributed by atoms with Gasteiger partial charge in [0.25, 0.3) is 5.56 Å². The van der Waals surface area contributed by atoms with Crippen molar-refractivity contribution in [3.05, 3.63) is 45.4 Å². The highest BCUT2D eigenvalue weighted by Crippen LogP contribution is 2.35. The number of rotatable bonds is 4. The van der Waals surface area contributed by atoms with E-state index in [-0.39, 0.29) is 5.56 Å². The van der Waals surface area contributed by atoms with Gasteiger partial charge in [-0.15, -0.1) is 11.8 Å². The van der Waals surface area contributed by atoms with Gasteiger partial charge in [0.15, 0.2) is 5.16 Å². The molecule has 1 atom stereocenters. The second-order valence-corrected chi connectivity index (χ2v) is 9.43. The van der Waals surface area contributed by atoms with Crippen LogP contribution in [-0.2, 0) is 6.42 Å². The molecule has 24 heavy (non-hydrogen) atoms. The Hall–Kier alpha value is -1.20. The van der Waals surface area contributed by atoms with Crippen LogP contribution in [0, 0.1) is 19.8 Å².